The lowest BCUT2D eigenvalue weighted by molar-refractivity contribution is -0.143. The number of hydrogen-bond donors (Lipinski definition) is 1. The first-order valence-corrected chi connectivity index (χ1v) is 9.77. The molecule has 3 rings (SSSR count). The minimum absolute atomic E-state index is 0.0312. The van der Waals surface area contributed by atoms with E-state index in [0.717, 1.165) is 38.4 Å². The molecule has 7 heteroatoms. The maximum absolute atomic E-state index is 12.7. The van der Waals surface area contributed by atoms with Gasteiger partial charge in [0.15, 0.2) is 0 Å². The molecule has 1 N–H and O–H groups in total. The van der Waals surface area contributed by atoms with Crippen LogP contribution in [0.4, 0.5) is 11.5 Å². The zero-order valence-electron chi connectivity index (χ0n) is 16.9. The Labute approximate surface area is 161 Å². The van der Waals surface area contributed by atoms with E-state index in [4.69, 9.17) is 0 Å². The molecule has 1 aromatic rings. The Morgan fingerprint density at radius 3 is 2.41 bits per heavy atom. The van der Waals surface area contributed by atoms with Crippen LogP contribution in [0.15, 0.2) is 18.3 Å². The van der Waals surface area contributed by atoms with Gasteiger partial charge in [0, 0.05) is 38.1 Å². The summed E-state index contributed by atoms with van der Waals surface area (Å²) in [6.45, 7) is 10.3. The number of pyridine rings is 1. The lowest BCUT2D eigenvalue weighted by atomic mass is 9.94. The SMILES string of the molecule is CN1CCN(c2ccc(NC(=O)C3CCCN3C(=O)C(C)(C)C)cn2)CC1. The largest absolute Gasteiger partial charge is 0.354 e. The van der Waals surface area contributed by atoms with Gasteiger partial charge in [-0.15, -0.1) is 0 Å². The molecule has 2 aliphatic heterocycles. The number of likely N-dealkylation sites (tertiary alicyclic amines) is 1. The number of anilines is 2. The van der Waals surface area contributed by atoms with Gasteiger partial charge in [0.1, 0.15) is 11.9 Å². The monoisotopic (exact) mass is 373 g/mol. The third-order valence-corrected chi connectivity index (χ3v) is 5.30. The predicted octanol–water partition coefficient (Wildman–Crippen LogP) is 1.81. The normalized spacial score (nSPS) is 21.4. The van der Waals surface area contributed by atoms with Crippen LogP contribution in [0.1, 0.15) is 33.6 Å². The molecule has 7 nitrogen and oxygen atoms in total. The number of carbonyl (C=O) groups is 2. The highest BCUT2D eigenvalue weighted by molar-refractivity contribution is 5.98. The Kier molecular flexibility index (Phi) is 5.69. The second-order valence-electron chi connectivity index (χ2n) is 8.59. The van der Waals surface area contributed by atoms with Crippen molar-refractivity contribution >= 4 is 23.3 Å². The van der Waals surface area contributed by atoms with Crippen molar-refractivity contribution in [2.75, 3.05) is 50.0 Å². The molecule has 2 amide bonds. The quantitative estimate of drug-likeness (QED) is 0.875. The van der Waals surface area contributed by atoms with Crippen LogP contribution in [0, 0.1) is 5.41 Å². The summed E-state index contributed by atoms with van der Waals surface area (Å²) in [5.74, 6) is 0.842. The fourth-order valence-electron chi connectivity index (χ4n) is 3.62. The Morgan fingerprint density at radius 1 is 1.11 bits per heavy atom. The molecular weight excluding hydrogens is 342 g/mol. The molecule has 2 saturated heterocycles. The molecule has 0 radical (unpaired) electrons. The van der Waals surface area contributed by atoms with Crippen molar-refractivity contribution in [3.05, 3.63) is 18.3 Å². The van der Waals surface area contributed by atoms with Gasteiger partial charge in [-0.25, -0.2) is 4.98 Å². The third kappa shape index (κ3) is 4.58. The Hall–Kier alpha value is -2.15. The van der Waals surface area contributed by atoms with Crippen LogP contribution >= 0.6 is 0 Å². The molecule has 3 heterocycles. The minimum Gasteiger partial charge on any atom is -0.354 e. The zero-order valence-corrected chi connectivity index (χ0v) is 16.9. The first kappa shape index (κ1) is 19.6. The highest BCUT2D eigenvalue weighted by atomic mass is 16.2. The van der Waals surface area contributed by atoms with Gasteiger partial charge < -0.3 is 20.0 Å². The van der Waals surface area contributed by atoms with Crippen molar-refractivity contribution in [3.63, 3.8) is 0 Å². The Bertz CT molecular complexity index is 675. The van der Waals surface area contributed by atoms with Crippen molar-refractivity contribution in [2.24, 2.45) is 5.41 Å². The van der Waals surface area contributed by atoms with Gasteiger partial charge in [-0.2, -0.15) is 0 Å². The summed E-state index contributed by atoms with van der Waals surface area (Å²) in [4.78, 5) is 36.1. The summed E-state index contributed by atoms with van der Waals surface area (Å²) in [7, 11) is 2.13. The molecule has 0 aromatic carbocycles. The topological polar surface area (TPSA) is 68.8 Å². The van der Waals surface area contributed by atoms with E-state index < -0.39 is 11.5 Å². The summed E-state index contributed by atoms with van der Waals surface area (Å²) < 4.78 is 0. The smallest absolute Gasteiger partial charge is 0.247 e. The van der Waals surface area contributed by atoms with E-state index in [1.807, 2.05) is 32.9 Å². The second-order valence-corrected chi connectivity index (χ2v) is 8.59. The van der Waals surface area contributed by atoms with E-state index in [0.29, 0.717) is 18.7 Å². The first-order chi connectivity index (χ1) is 12.8. The van der Waals surface area contributed by atoms with Gasteiger partial charge in [0.25, 0.3) is 0 Å². The first-order valence-electron chi connectivity index (χ1n) is 9.77. The second kappa shape index (κ2) is 7.84. The van der Waals surface area contributed by atoms with Gasteiger partial charge in [0.05, 0.1) is 11.9 Å². The fourth-order valence-corrected chi connectivity index (χ4v) is 3.62. The van der Waals surface area contributed by atoms with E-state index >= 15 is 0 Å². The van der Waals surface area contributed by atoms with E-state index in [9.17, 15) is 9.59 Å². The standard InChI is InChI=1S/C20H31N5O2/c1-20(2,3)19(27)25-9-5-6-16(25)18(26)22-15-7-8-17(21-14-15)24-12-10-23(4)11-13-24/h7-8,14,16H,5-6,9-13H2,1-4H3,(H,22,26). The molecule has 1 aromatic heterocycles. The van der Waals surface area contributed by atoms with E-state index in [2.05, 4.69) is 27.1 Å². The highest BCUT2D eigenvalue weighted by Crippen LogP contribution is 2.26. The molecule has 27 heavy (non-hydrogen) atoms. The number of rotatable bonds is 3. The summed E-state index contributed by atoms with van der Waals surface area (Å²) in [6.07, 6.45) is 3.28. The predicted molar refractivity (Wildman–Crippen MR) is 107 cm³/mol. The van der Waals surface area contributed by atoms with Crippen molar-refractivity contribution in [2.45, 2.75) is 39.7 Å². The van der Waals surface area contributed by atoms with Crippen LogP contribution in [0.2, 0.25) is 0 Å². The van der Waals surface area contributed by atoms with Crippen LogP contribution in [-0.2, 0) is 9.59 Å². The summed E-state index contributed by atoms with van der Waals surface area (Å²) in [6, 6.07) is 3.45. The average molecular weight is 374 g/mol. The Morgan fingerprint density at radius 2 is 1.81 bits per heavy atom. The van der Waals surface area contributed by atoms with Gasteiger partial charge in [-0.3, -0.25) is 9.59 Å². The summed E-state index contributed by atoms with van der Waals surface area (Å²) >= 11 is 0. The number of aromatic nitrogens is 1. The van der Waals surface area contributed by atoms with Crippen LogP contribution in [0.5, 0.6) is 0 Å². The lowest BCUT2D eigenvalue weighted by Crippen LogP contribution is -2.47. The number of carbonyl (C=O) groups excluding carboxylic acids is 2. The number of hydrogen-bond acceptors (Lipinski definition) is 5. The molecule has 1 unspecified atom stereocenters. The molecular formula is C20H31N5O2. The molecule has 0 bridgehead atoms. The number of nitrogens with one attached hydrogen (secondary N) is 1. The van der Waals surface area contributed by atoms with Crippen molar-refractivity contribution < 1.29 is 9.59 Å². The van der Waals surface area contributed by atoms with Crippen LogP contribution < -0.4 is 10.2 Å². The third-order valence-electron chi connectivity index (χ3n) is 5.30. The minimum atomic E-state index is -0.478. The molecule has 2 fully saturated rings. The number of amides is 2. The van der Waals surface area contributed by atoms with Gasteiger partial charge >= 0.3 is 0 Å². The average Bonchev–Trinajstić information content (AvgIpc) is 3.11. The molecule has 0 aliphatic carbocycles. The number of likely N-dealkylation sites (N-methyl/N-ethyl adjacent to an activating group) is 1. The van der Waals surface area contributed by atoms with E-state index in [1.165, 1.54) is 0 Å². The molecule has 2 aliphatic rings. The van der Waals surface area contributed by atoms with E-state index in [-0.39, 0.29) is 11.8 Å². The fraction of sp³-hybridized carbons (Fsp3) is 0.650. The molecule has 0 saturated carbocycles. The lowest BCUT2D eigenvalue weighted by Gasteiger charge is -2.33. The Balaban J connectivity index is 1.61. The molecule has 1 atom stereocenters. The maximum Gasteiger partial charge on any atom is 0.247 e. The molecule has 148 valence electrons. The summed E-state index contributed by atoms with van der Waals surface area (Å²) in [5.41, 5.74) is 0.196. The molecule has 0 spiro atoms. The van der Waals surface area contributed by atoms with Crippen LogP contribution in [-0.4, -0.2) is 72.4 Å². The maximum atomic E-state index is 12.7. The summed E-state index contributed by atoms with van der Waals surface area (Å²) in [5, 5.41) is 2.94. The number of piperazine rings is 1. The van der Waals surface area contributed by atoms with Crippen molar-refractivity contribution in [3.8, 4) is 0 Å². The van der Waals surface area contributed by atoms with Gasteiger partial charge in [0.2, 0.25) is 11.8 Å². The highest BCUT2D eigenvalue weighted by Gasteiger charge is 2.38. The van der Waals surface area contributed by atoms with Crippen LogP contribution in [0.25, 0.3) is 0 Å². The van der Waals surface area contributed by atoms with Crippen molar-refractivity contribution in [1.29, 1.82) is 0 Å². The number of nitrogens with zero attached hydrogens (tertiary/aromatic N) is 4. The zero-order chi connectivity index (χ0) is 19.6. The van der Waals surface area contributed by atoms with E-state index in [1.54, 1.807) is 11.1 Å². The van der Waals surface area contributed by atoms with Crippen LogP contribution in [0.3, 0.4) is 0 Å². The van der Waals surface area contributed by atoms with Gasteiger partial charge in [-0.1, -0.05) is 20.8 Å². The van der Waals surface area contributed by atoms with Gasteiger partial charge in [-0.05, 0) is 32.0 Å². The van der Waals surface area contributed by atoms with Crippen molar-refractivity contribution in [1.82, 2.24) is 14.8 Å².